The van der Waals surface area contributed by atoms with Gasteiger partial charge in [0, 0.05) is 23.5 Å². The zero-order chi connectivity index (χ0) is 22.5. The van der Waals surface area contributed by atoms with Gasteiger partial charge in [-0.1, -0.05) is 24.3 Å². The van der Waals surface area contributed by atoms with Crippen molar-refractivity contribution in [3.63, 3.8) is 0 Å². The zero-order valence-electron chi connectivity index (χ0n) is 18.3. The van der Waals surface area contributed by atoms with E-state index in [0.717, 1.165) is 35.3 Å². The first-order valence-electron chi connectivity index (χ1n) is 10.6. The van der Waals surface area contributed by atoms with E-state index in [1.165, 1.54) is 0 Å². The number of aryl methyl sites for hydroxylation is 1. The van der Waals surface area contributed by atoms with Crippen LogP contribution in [0.25, 0.3) is 0 Å². The van der Waals surface area contributed by atoms with Gasteiger partial charge < -0.3 is 19.7 Å². The van der Waals surface area contributed by atoms with Gasteiger partial charge in [-0.2, -0.15) is 0 Å². The van der Waals surface area contributed by atoms with Crippen molar-refractivity contribution in [2.24, 2.45) is 0 Å². The lowest BCUT2D eigenvalue weighted by Crippen LogP contribution is -2.35. The lowest BCUT2D eigenvalue weighted by atomic mass is 10.00. The molecule has 3 aromatic rings. The fourth-order valence-electron chi connectivity index (χ4n) is 4.00. The van der Waals surface area contributed by atoms with Crippen LogP contribution in [0.15, 0.2) is 66.7 Å². The summed E-state index contributed by atoms with van der Waals surface area (Å²) in [4.78, 5) is 27.4. The molecule has 6 nitrogen and oxygen atoms in total. The largest absolute Gasteiger partial charge is 0.493 e. The van der Waals surface area contributed by atoms with Crippen LogP contribution in [0, 0.1) is 0 Å². The highest BCUT2D eigenvalue weighted by Gasteiger charge is 2.24. The molecule has 0 aliphatic carbocycles. The van der Waals surface area contributed by atoms with E-state index in [1.54, 1.807) is 26.4 Å². The van der Waals surface area contributed by atoms with Gasteiger partial charge in [0.05, 0.1) is 20.6 Å². The molecular weight excluding hydrogens is 404 g/mol. The summed E-state index contributed by atoms with van der Waals surface area (Å²) in [7, 11) is 3.15. The molecule has 0 fully saturated rings. The Balaban J connectivity index is 1.47. The van der Waals surface area contributed by atoms with Crippen molar-refractivity contribution in [1.82, 2.24) is 0 Å². The third-order valence-corrected chi connectivity index (χ3v) is 5.56. The number of ether oxygens (including phenoxy) is 2. The molecule has 32 heavy (non-hydrogen) atoms. The second-order valence-electron chi connectivity index (χ2n) is 7.68. The van der Waals surface area contributed by atoms with Gasteiger partial charge in [0.1, 0.15) is 0 Å². The lowest BCUT2D eigenvalue weighted by molar-refractivity contribution is -0.115. The van der Waals surface area contributed by atoms with Crippen LogP contribution in [0.2, 0.25) is 0 Å². The monoisotopic (exact) mass is 430 g/mol. The van der Waals surface area contributed by atoms with Crippen molar-refractivity contribution < 1.29 is 19.1 Å². The average molecular weight is 431 g/mol. The standard InChI is InChI=1S/C26H26N2O4/c1-31-23-13-10-18(15-24(23)32-2)16-25(29)27-21-11-12-22-20(17-21)9-6-14-28(22)26(30)19-7-4-3-5-8-19/h3-5,7-8,10-13,15,17H,6,9,14,16H2,1-2H3,(H,27,29). The maximum atomic E-state index is 13.0. The number of amides is 2. The van der Waals surface area contributed by atoms with Gasteiger partial charge in [-0.05, 0) is 66.4 Å². The molecule has 0 unspecified atom stereocenters. The molecule has 3 aromatic carbocycles. The molecule has 4 rings (SSSR count). The lowest BCUT2D eigenvalue weighted by Gasteiger charge is -2.30. The van der Waals surface area contributed by atoms with E-state index in [1.807, 2.05) is 59.5 Å². The number of carbonyl (C=O) groups excluding carboxylic acids is 2. The third kappa shape index (κ3) is 4.59. The molecule has 0 saturated carbocycles. The number of anilines is 2. The Morgan fingerprint density at radius 2 is 1.72 bits per heavy atom. The van der Waals surface area contributed by atoms with Gasteiger partial charge in [-0.15, -0.1) is 0 Å². The number of hydrogen-bond acceptors (Lipinski definition) is 4. The van der Waals surface area contributed by atoms with Crippen molar-refractivity contribution >= 4 is 23.2 Å². The van der Waals surface area contributed by atoms with Gasteiger partial charge in [0.15, 0.2) is 11.5 Å². The van der Waals surface area contributed by atoms with E-state index in [9.17, 15) is 9.59 Å². The molecule has 0 aromatic heterocycles. The predicted molar refractivity (Wildman–Crippen MR) is 125 cm³/mol. The van der Waals surface area contributed by atoms with Crippen molar-refractivity contribution in [2.75, 3.05) is 31.0 Å². The normalized spacial score (nSPS) is 12.6. The van der Waals surface area contributed by atoms with Crippen molar-refractivity contribution in [2.45, 2.75) is 19.3 Å². The summed E-state index contributed by atoms with van der Waals surface area (Å²) in [5, 5.41) is 2.97. The van der Waals surface area contributed by atoms with Crippen LogP contribution in [-0.2, 0) is 17.6 Å². The summed E-state index contributed by atoms with van der Waals surface area (Å²) in [6, 6.07) is 20.5. The van der Waals surface area contributed by atoms with E-state index < -0.39 is 0 Å². The number of nitrogens with zero attached hydrogens (tertiary/aromatic N) is 1. The van der Waals surface area contributed by atoms with Crippen molar-refractivity contribution in [3.8, 4) is 11.5 Å². The maximum absolute atomic E-state index is 13.0. The molecule has 0 spiro atoms. The maximum Gasteiger partial charge on any atom is 0.258 e. The Kier molecular flexibility index (Phi) is 6.40. The summed E-state index contributed by atoms with van der Waals surface area (Å²) in [6.07, 6.45) is 1.97. The summed E-state index contributed by atoms with van der Waals surface area (Å²) in [6.45, 7) is 0.686. The van der Waals surface area contributed by atoms with Gasteiger partial charge in [-0.25, -0.2) is 0 Å². The second kappa shape index (κ2) is 9.56. The van der Waals surface area contributed by atoms with E-state index in [0.29, 0.717) is 23.6 Å². The predicted octanol–water partition coefficient (Wildman–Crippen LogP) is 4.48. The Bertz CT molecular complexity index is 1130. The third-order valence-electron chi connectivity index (χ3n) is 5.56. The molecule has 1 aliphatic rings. The Morgan fingerprint density at radius 1 is 0.938 bits per heavy atom. The molecule has 164 valence electrons. The number of nitrogens with one attached hydrogen (secondary N) is 1. The highest BCUT2D eigenvalue weighted by atomic mass is 16.5. The number of methoxy groups -OCH3 is 2. The summed E-state index contributed by atoms with van der Waals surface area (Å²) in [5.41, 5.74) is 4.20. The van der Waals surface area contributed by atoms with Crippen LogP contribution in [0.1, 0.15) is 27.9 Å². The summed E-state index contributed by atoms with van der Waals surface area (Å²) < 4.78 is 10.6. The number of fused-ring (bicyclic) bond motifs is 1. The van der Waals surface area contributed by atoms with Crippen LogP contribution in [0.4, 0.5) is 11.4 Å². The molecule has 0 radical (unpaired) electrons. The molecule has 1 N–H and O–H groups in total. The first-order valence-corrected chi connectivity index (χ1v) is 10.6. The van der Waals surface area contributed by atoms with Crippen molar-refractivity contribution in [3.05, 3.63) is 83.4 Å². The minimum atomic E-state index is -0.120. The molecule has 2 amide bonds. The number of benzene rings is 3. The minimum Gasteiger partial charge on any atom is -0.493 e. The molecule has 6 heteroatoms. The van der Waals surface area contributed by atoms with Crippen LogP contribution < -0.4 is 19.7 Å². The van der Waals surface area contributed by atoms with E-state index in [2.05, 4.69) is 5.32 Å². The quantitative estimate of drug-likeness (QED) is 0.626. The highest BCUT2D eigenvalue weighted by Crippen LogP contribution is 2.31. The van der Waals surface area contributed by atoms with Crippen molar-refractivity contribution in [1.29, 1.82) is 0 Å². The fraction of sp³-hybridized carbons (Fsp3) is 0.231. The molecule has 1 aliphatic heterocycles. The molecule has 0 saturated heterocycles. The zero-order valence-corrected chi connectivity index (χ0v) is 18.3. The first kappa shape index (κ1) is 21.4. The highest BCUT2D eigenvalue weighted by molar-refractivity contribution is 6.07. The van der Waals surface area contributed by atoms with Gasteiger partial charge in [-0.3, -0.25) is 9.59 Å². The van der Waals surface area contributed by atoms with Crippen LogP contribution in [0.5, 0.6) is 11.5 Å². The van der Waals surface area contributed by atoms with Crippen LogP contribution in [0.3, 0.4) is 0 Å². The van der Waals surface area contributed by atoms with Gasteiger partial charge in [0.2, 0.25) is 5.91 Å². The fourth-order valence-corrected chi connectivity index (χ4v) is 4.00. The topological polar surface area (TPSA) is 67.9 Å². The van der Waals surface area contributed by atoms with E-state index in [4.69, 9.17) is 9.47 Å². The van der Waals surface area contributed by atoms with E-state index >= 15 is 0 Å². The van der Waals surface area contributed by atoms with Gasteiger partial charge >= 0.3 is 0 Å². The minimum absolute atomic E-state index is 0.00297. The molecule has 1 heterocycles. The number of carbonyl (C=O) groups is 2. The van der Waals surface area contributed by atoms with E-state index in [-0.39, 0.29) is 18.2 Å². The average Bonchev–Trinajstić information content (AvgIpc) is 2.83. The molecular formula is C26H26N2O4. The summed E-state index contributed by atoms with van der Waals surface area (Å²) >= 11 is 0. The van der Waals surface area contributed by atoms with Crippen LogP contribution >= 0.6 is 0 Å². The smallest absolute Gasteiger partial charge is 0.258 e. The first-order chi connectivity index (χ1) is 15.6. The number of hydrogen-bond donors (Lipinski definition) is 1. The van der Waals surface area contributed by atoms with Crippen LogP contribution in [-0.4, -0.2) is 32.6 Å². The Morgan fingerprint density at radius 3 is 2.47 bits per heavy atom. The molecule has 0 bridgehead atoms. The molecule has 0 atom stereocenters. The Labute approximate surface area is 187 Å². The van der Waals surface area contributed by atoms with Gasteiger partial charge in [0.25, 0.3) is 5.91 Å². The SMILES string of the molecule is COc1ccc(CC(=O)Nc2ccc3c(c2)CCCN3C(=O)c2ccccc2)cc1OC. The summed E-state index contributed by atoms with van der Waals surface area (Å²) in [5.74, 6) is 1.10. The second-order valence-corrected chi connectivity index (χ2v) is 7.68. The Hall–Kier alpha value is -3.80. The number of rotatable bonds is 6.